The van der Waals surface area contributed by atoms with Gasteiger partial charge in [0.05, 0.1) is 11.4 Å². The van der Waals surface area contributed by atoms with Gasteiger partial charge in [-0.05, 0) is 19.3 Å². The molecule has 0 aliphatic carbocycles. The van der Waals surface area contributed by atoms with Crippen LogP contribution in [0.3, 0.4) is 0 Å². The number of aromatic nitrogens is 2. The van der Waals surface area contributed by atoms with Crippen molar-refractivity contribution in [1.29, 1.82) is 0 Å². The van der Waals surface area contributed by atoms with Crippen LogP contribution in [-0.4, -0.2) is 9.97 Å². The van der Waals surface area contributed by atoms with Crippen LogP contribution in [0.1, 0.15) is 37.6 Å². The highest BCUT2D eigenvalue weighted by atomic mass is 14.8. The first-order valence-electron chi connectivity index (χ1n) is 4.02. The van der Waals surface area contributed by atoms with Crippen LogP contribution in [0.5, 0.6) is 0 Å². The standard InChI is InChI=1S/C9H14N2/c1-4-7(2)9-6-10-8(3)5-11-9/h5-7H,4H2,1-3H3/t7-/m1/s1. The van der Waals surface area contributed by atoms with Crippen LogP contribution >= 0.6 is 0 Å². The third kappa shape index (κ3) is 2.00. The van der Waals surface area contributed by atoms with Crippen LogP contribution in [0.4, 0.5) is 0 Å². The maximum atomic E-state index is 4.29. The Hall–Kier alpha value is -0.920. The predicted octanol–water partition coefficient (Wildman–Crippen LogP) is 2.30. The van der Waals surface area contributed by atoms with Crippen molar-refractivity contribution in [3.05, 3.63) is 23.8 Å². The molecule has 0 bridgehead atoms. The second-order valence-electron chi connectivity index (χ2n) is 2.89. The van der Waals surface area contributed by atoms with Crippen molar-refractivity contribution in [2.75, 3.05) is 0 Å². The Morgan fingerprint density at radius 2 is 2.09 bits per heavy atom. The molecule has 0 unspecified atom stereocenters. The van der Waals surface area contributed by atoms with Crippen molar-refractivity contribution in [2.45, 2.75) is 33.1 Å². The number of aryl methyl sites for hydroxylation is 1. The van der Waals surface area contributed by atoms with E-state index in [1.165, 1.54) is 0 Å². The molecule has 1 aromatic rings. The van der Waals surface area contributed by atoms with E-state index in [0.29, 0.717) is 5.92 Å². The van der Waals surface area contributed by atoms with E-state index < -0.39 is 0 Å². The molecule has 1 rings (SSSR count). The number of hydrogen-bond acceptors (Lipinski definition) is 2. The first-order valence-corrected chi connectivity index (χ1v) is 4.02. The summed E-state index contributed by atoms with van der Waals surface area (Å²) in [6.07, 6.45) is 4.81. The van der Waals surface area contributed by atoms with Crippen molar-refractivity contribution < 1.29 is 0 Å². The van der Waals surface area contributed by atoms with Gasteiger partial charge in [0.25, 0.3) is 0 Å². The highest BCUT2D eigenvalue weighted by Gasteiger charge is 2.02. The van der Waals surface area contributed by atoms with Gasteiger partial charge in [0, 0.05) is 12.4 Å². The summed E-state index contributed by atoms with van der Waals surface area (Å²) < 4.78 is 0. The molecule has 0 spiro atoms. The van der Waals surface area contributed by atoms with E-state index in [1.807, 2.05) is 19.3 Å². The molecule has 11 heavy (non-hydrogen) atoms. The Kier molecular flexibility index (Phi) is 2.58. The summed E-state index contributed by atoms with van der Waals surface area (Å²) in [6.45, 7) is 6.28. The van der Waals surface area contributed by atoms with Gasteiger partial charge in [-0.25, -0.2) is 0 Å². The van der Waals surface area contributed by atoms with Gasteiger partial charge in [0.1, 0.15) is 0 Å². The first-order chi connectivity index (χ1) is 5.24. The van der Waals surface area contributed by atoms with Crippen molar-refractivity contribution in [1.82, 2.24) is 9.97 Å². The van der Waals surface area contributed by atoms with E-state index >= 15 is 0 Å². The molecule has 2 nitrogen and oxygen atoms in total. The van der Waals surface area contributed by atoms with E-state index in [1.54, 1.807) is 0 Å². The average molecular weight is 150 g/mol. The molecule has 0 N–H and O–H groups in total. The van der Waals surface area contributed by atoms with Crippen LogP contribution in [0.2, 0.25) is 0 Å². The first kappa shape index (κ1) is 8.18. The summed E-state index contributed by atoms with van der Waals surface area (Å²) in [5.41, 5.74) is 2.08. The van der Waals surface area contributed by atoms with Crippen LogP contribution in [0, 0.1) is 6.92 Å². The molecule has 0 fully saturated rings. The topological polar surface area (TPSA) is 25.8 Å². The molecule has 1 aromatic heterocycles. The van der Waals surface area contributed by atoms with Crippen molar-refractivity contribution >= 4 is 0 Å². The zero-order chi connectivity index (χ0) is 8.27. The number of nitrogens with zero attached hydrogens (tertiary/aromatic N) is 2. The third-order valence-corrected chi connectivity index (χ3v) is 1.92. The second-order valence-corrected chi connectivity index (χ2v) is 2.89. The summed E-state index contributed by atoms with van der Waals surface area (Å²) in [6, 6.07) is 0. The molecule has 0 amide bonds. The zero-order valence-corrected chi connectivity index (χ0v) is 7.33. The van der Waals surface area contributed by atoms with E-state index in [2.05, 4.69) is 23.8 Å². The van der Waals surface area contributed by atoms with Gasteiger partial charge < -0.3 is 0 Å². The summed E-state index contributed by atoms with van der Waals surface area (Å²) in [7, 11) is 0. The van der Waals surface area contributed by atoms with Crippen LogP contribution < -0.4 is 0 Å². The molecule has 60 valence electrons. The van der Waals surface area contributed by atoms with Gasteiger partial charge in [-0.3, -0.25) is 9.97 Å². The molecule has 1 heterocycles. The van der Waals surface area contributed by atoms with Gasteiger partial charge in [-0.1, -0.05) is 13.8 Å². The monoisotopic (exact) mass is 150 g/mol. The quantitative estimate of drug-likeness (QED) is 0.646. The summed E-state index contributed by atoms with van der Waals surface area (Å²) in [4.78, 5) is 8.47. The fourth-order valence-corrected chi connectivity index (χ4v) is 0.866. The summed E-state index contributed by atoms with van der Waals surface area (Å²) in [5, 5.41) is 0. The van der Waals surface area contributed by atoms with Gasteiger partial charge >= 0.3 is 0 Å². The van der Waals surface area contributed by atoms with Crippen LogP contribution in [-0.2, 0) is 0 Å². The van der Waals surface area contributed by atoms with Crippen LogP contribution in [0.25, 0.3) is 0 Å². The van der Waals surface area contributed by atoms with E-state index in [0.717, 1.165) is 17.8 Å². The van der Waals surface area contributed by atoms with Crippen molar-refractivity contribution in [2.24, 2.45) is 0 Å². The third-order valence-electron chi connectivity index (χ3n) is 1.92. The number of hydrogen-bond donors (Lipinski definition) is 0. The Balaban J connectivity index is 2.81. The molecule has 0 aliphatic rings. The zero-order valence-electron chi connectivity index (χ0n) is 7.33. The van der Waals surface area contributed by atoms with Crippen LogP contribution in [0.15, 0.2) is 12.4 Å². The Labute approximate surface area is 67.7 Å². The molecule has 1 atom stereocenters. The van der Waals surface area contributed by atoms with E-state index in [-0.39, 0.29) is 0 Å². The molecule has 0 saturated carbocycles. The fourth-order valence-electron chi connectivity index (χ4n) is 0.866. The van der Waals surface area contributed by atoms with Gasteiger partial charge in [-0.2, -0.15) is 0 Å². The lowest BCUT2D eigenvalue weighted by atomic mass is 10.1. The highest BCUT2D eigenvalue weighted by Crippen LogP contribution is 2.14. The van der Waals surface area contributed by atoms with E-state index in [4.69, 9.17) is 0 Å². The van der Waals surface area contributed by atoms with Gasteiger partial charge in [-0.15, -0.1) is 0 Å². The largest absolute Gasteiger partial charge is 0.258 e. The Bertz CT molecular complexity index is 216. The maximum absolute atomic E-state index is 4.29. The second kappa shape index (κ2) is 3.46. The maximum Gasteiger partial charge on any atom is 0.0614 e. The molecular formula is C9H14N2. The SMILES string of the molecule is CC[C@@H](C)c1cnc(C)cn1. The fraction of sp³-hybridized carbons (Fsp3) is 0.556. The van der Waals surface area contributed by atoms with E-state index in [9.17, 15) is 0 Å². The van der Waals surface area contributed by atoms with Gasteiger partial charge in [0.2, 0.25) is 0 Å². The predicted molar refractivity (Wildman–Crippen MR) is 45.5 cm³/mol. The van der Waals surface area contributed by atoms with Crippen molar-refractivity contribution in [3.8, 4) is 0 Å². The lowest BCUT2D eigenvalue weighted by Crippen LogP contribution is -1.96. The lowest BCUT2D eigenvalue weighted by Gasteiger charge is -2.05. The Morgan fingerprint density at radius 1 is 1.36 bits per heavy atom. The smallest absolute Gasteiger partial charge is 0.0614 e. The molecular weight excluding hydrogens is 136 g/mol. The molecule has 0 aliphatic heterocycles. The molecule has 2 heteroatoms. The molecule has 0 radical (unpaired) electrons. The lowest BCUT2D eigenvalue weighted by molar-refractivity contribution is 0.701. The van der Waals surface area contributed by atoms with Gasteiger partial charge in [0.15, 0.2) is 0 Å². The normalized spacial score (nSPS) is 13.0. The Morgan fingerprint density at radius 3 is 2.55 bits per heavy atom. The molecule has 0 saturated heterocycles. The average Bonchev–Trinajstić information content (AvgIpc) is 2.05. The minimum Gasteiger partial charge on any atom is -0.258 e. The minimum atomic E-state index is 0.531. The highest BCUT2D eigenvalue weighted by molar-refractivity contribution is 5.04. The summed E-state index contributed by atoms with van der Waals surface area (Å²) >= 11 is 0. The minimum absolute atomic E-state index is 0.531. The summed E-state index contributed by atoms with van der Waals surface area (Å²) in [5.74, 6) is 0.531. The van der Waals surface area contributed by atoms with Crippen molar-refractivity contribution in [3.63, 3.8) is 0 Å². The molecule has 0 aromatic carbocycles. The number of rotatable bonds is 2.